The lowest BCUT2D eigenvalue weighted by Gasteiger charge is -2.31. The lowest BCUT2D eigenvalue weighted by molar-refractivity contribution is -0.173. The summed E-state index contributed by atoms with van der Waals surface area (Å²) in [5.74, 6) is -7.01. The number of allylic oxidation sites excluding steroid dienone is 3. The Morgan fingerprint density at radius 2 is 1.93 bits per heavy atom. The van der Waals surface area contributed by atoms with E-state index >= 15 is 0 Å². The van der Waals surface area contributed by atoms with Gasteiger partial charge in [0, 0.05) is 17.0 Å². The Balaban J connectivity index is 2.46. The zero-order chi connectivity index (χ0) is 20.4. The molecule has 0 aliphatic heterocycles. The molecule has 4 nitrogen and oxygen atoms in total. The van der Waals surface area contributed by atoms with Gasteiger partial charge < -0.3 is 14.9 Å². The minimum absolute atomic E-state index is 0.0219. The number of carbonyl (C=O) groups excluding carboxylic acids is 1. The van der Waals surface area contributed by atoms with Gasteiger partial charge in [-0.15, -0.1) is 0 Å². The third-order valence-electron chi connectivity index (χ3n) is 4.91. The number of benzene rings is 1. The van der Waals surface area contributed by atoms with Gasteiger partial charge in [-0.25, -0.2) is 4.79 Å². The number of hydrogen-bond acceptors (Lipinski definition) is 4. The van der Waals surface area contributed by atoms with Gasteiger partial charge in [0.1, 0.15) is 11.5 Å². The van der Waals surface area contributed by atoms with Gasteiger partial charge in [0.2, 0.25) is 0 Å². The normalized spacial score (nSPS) is 20.1. The number of carbonyl (C=O) groups is 1. The van der Waals surface area contributed by atoms with Crippen LogP contribution < -0.4 is 0 Å². The third kappa shape index (κ3) is 4.31. The number of phenolic OH excluding ortho intramolecular Hbond substituents is 2. The molecule has 6 heteroatoms. The summed E-state index contributed by atoms with van der Waals surface area (Å²) in [6.07, 6.45) is 4.00. The molecule has 0 spiro atoms. The number of esters is 1. The zero-order valence-electron chi connectivity index (χ0n) is 15.9. The number of alkyl halides is 2. The van der Waals surface area contributed by atoms with E-state index in [0.717, 1.165) is 36.1 Å². The van der Waals surface area contributed by atoms with Crippen LogP contribution in [0.2, 0.25) is 0 Å². The van der Waals surface area contributed by atoms with E-state index in [4.69, 9.17) is 0 Å². The number of phenols is 2. The molecule has 148 valence electrons. The molecule has 2 atom stereocenters. The molecule has 2 rings (SSSR count). The second kappa shape index (κ2) is 8.11. The number of halogens is 2. The van der Waals surface area contributed by atoms with Crippen molar-refractivity contribution in [2.75, 3.05) is 6.61 Å². The Labute approximate surface area is 158 Å². The fourth-order valence-electron chi connectivity index (χ4n) is 3.46. The van der Waals surface area contributed by atoms with Crippen molar-refractivity contribution >= 4 is 5.97 Å². The Bertz CT molecular complexity index is 744. The third-order valence-corrected chi connectivity index (χ3v) is 4.91. The van der Waals surface area contributed by atoms with Crippen molar-refractivity contribution in [2.24, 2.45) is 5.92 Å². The van der Waals surface area contributed by atoms with E-state index in [9.17, 15) is 23.8 Å². The summed E-state index contributed by atoms with van der Waals surface area (Å²) >= 11 is 0. The van der Waals surface area contributed by atoms with E-state index in [2.05, 4.69) is 11.3 Å². The van der Waals surface area contributed by atoms with Crippen LogP contribution in [0, 0.1) is 5.92 Å². The van der Waals surface area contributed by atoms with E-state index in [1.807, 2.05) is 19.9 Å². The molecule has 0 bridgehead atoms. The number of aromatic hydroxyl groups is 2. The molecule has 0 radical (unpaired) electrons. The molecule has 0 saturated heterocycles. The Morgan fingerprint density at radius 3 is 2.44 bits per heavy atom. The Morgan fingerprint density at radius 1 is 1.33 bits per heavy atom. The summed E-state index contributed by atoms with van der Waals surface area (Å²) in [6.45, 7) is 9.35. The maximum atomic E-state index is 14.4. The minimum Gasteiger partial charge on any atom is -0.507 e. The van der Waals surface area contributed by atoms with Gasteiger partial charge in [0.25, 0.3) is 0 Å². The molecule has 0 fully saturated rings. The van der Waals surface area contributed by atoms with Gasteiger partial charge in [-0.1, -0.05) is 30.7 Å². The van der Waals surface area contributed by atoms with Gasteiger partial charge in [-0.2, -0.15) is 8.78 Å². The van der Waals surface area contributed by atoms with Crippen molar-refractivity contribution in [2.45, 2.75) is 51.9 Å². The highest BCUT2D eigenvalue weighted by atomic mass is 19.3. The van der Waals surface area contributed by atoms with E-state index in [-0.39, 0.29) is 24.0 Å². The van der Waals surface area contributed by atoms with Gasteiger partial charge in [0.15, 0.2) is 0 Å². The van der Waals surface area contributed by atoms with Crippen molar-refractivity contribution in [3.05, 3.63) is 47.1 Å². The fraction of sp³-hybridized carbons (Fsp3) is 0.476. The quantitative estimate of drug-likeness (QED) is 0.528. The average molecular weight is 380 g/mol. The van der Waals surface area contributed by atoms with Crippen molar-refractivity contribution in [3.8, 4) is 11.5 Å². The lowest BCUT2D eigenvalue weighted by Crippen LogP contribution is -2.28. The monoisotopic (exact) mass is 380 g/mol. The van der Waals surface area contributed by atoms with E-state index < -0.39 is 29.0 Å². The number of rotatable bonds is 6. The molecular formula is C21H26F2O4. The van der Waals surface area contributed by atoms with Gasteiger partial charge in [0.05, 0.1) is 6.61 Å². The largest absolute Gasteiger partial charge is 0.507 e. The SMILES string of the molecule is C=C(C)[C@@H]1CCC(C)=C[C@H]1c1c(O)cc(C(F)(F)C(=O)OCCC)cc1O. The molecule has 0 heterocycles. The topological polar surface area (TPSA) is 66.8 Å². The maximum absolute atomic E-state index is 14.4. The van der Waals surface area contributed by atoms with Crippen LogP contribution in [-0.2, 0) is 15.5 Å². The van der Waals surface area contributed by atoms with Crippen molar-refractivity contribution in [1.82, 2.24) is 0 Å². The van der Waals surface area contributed by atoms with Crippen LogP contribution in [0.5, 0.6) is 11.5 Å². The summed E-state index contributed by atoms with van der Waals surface area (Å²) < 4.78 is 33.2. The van der Waals surface area contributed by atoms with E-state index in [1.165, 1.54) is 0 Å². The molecule has 1 aromatic rings. The summed E-state index contributed by atoms with van der Waals surface area (Å²) in [5.41, 5.74) is 1.35. The Hall–Kier alpha value is -2.37. The molecule has 0 saturated carbocycles. The molecule has 27 heavy (non-hydrogen) atoms. The first-order valence-electron chi connectivity index (χ1n) is 9.03. The van der Waals surface area contributed by atoms with Crippen LogP contribution in [0.15, 0.2) is 35.9 Å². The van der Waals surface area contributed by atoms with Crippen LogP contribution in [0.4, 0.5) is 8.78 Å². The smallest absolute Gasteiger partial charge is 0.381 e. The number of hydrogen-bond donors (Lipinski definition) is 2. The first-order valence-corrected chi connectivity index (χ1v) is 9.03. The molecule has 2 N–H and O–H groups in total. The molecule has 0 amide bonds. The second-order valence-electron chi connectivity index (χ2n) is 7.17. The molecule has 0 unspecified atom stereocenters. The van der Waals surface area contributed by atoms with Crippen LogP contribution in [-0.4, -0.2) is 22.8 Å². The van der Waals surface area contributed by atoms with Crippen LogP contribution in [0.3, 0.4) is 0 Å². The predicted molar refractivity (Wildman–Crippen MR) is 99.0 cm³/mol. The molecule has 1 aromatic carbocycles. The fourth-order valence-corrected chi connectivity index (χ4v) is 3.46. The highest BCUT2D eigenvalue weighted by molar-refractivity contribution is 5.80. The van der Waals surface area contributed by atoms with E-state index in [0.29, 0.717) is 6.42 Å². The summed E-state index contributed by atoms with van der Waals surface area (Å²) in [6, 6.07) is 1.66. The second-order valence-corrected chi connectivity index (χ2v) is 7.17. The van der Waals surface area contributed by atoms with Crippen molar-refractivity contribution < 1.29 is 28.5 Å². The van der Waals surface area contributed by atoms with Crippen molar-refractivity contribution in [1.29, 1.82) is 0 Å². The summed E-state index contributed by atoms with van der Waals surface area (Å²) in [7, 11) is 0. The molecular weight excluding hydrogens is 354 g/mol. The van der Waals surface area contributed by atoms with Crippen LogP contribution in [0.25, 0.3) is 0 Å². The van der Waals surface area contributed by atoms with Crippen molar-refractivity contribution in [3.63, 3.8) is 0 Å². The zero-order valence-corrected chi connectivity index (χ0v) is 15.9. The Kier molecular flexibility index (Phi) is 6.29. The van der Waals surface area contributed by atoms with Gasteiger partial charge >= 0.3 is 11.9 Å². The number of ether oxygens (including phenoxy) is 1. The van der Waals surface area contributed by atoms with Crippen LogP contribution >= 0.6 is 0 Å². The van der Waals surface area contributed by atoms with Crippen LogP contribution in [0.1, 0.15) is 57.1 Å². The predicted octanol–water partition coefficient (Wildman–Crippen LogP) is 5.16. The van der Waals surface area contributed by atoms with Gasteiger partial charge in [-0.3, -0.25) is 0 Å². The highest BCUT2D eigenvalue weighted by Crippen LogP contribution is 2.47. The van der Waals surface area contributed by atoms with Gasteiger partial charge in [-0.05, 0) is 51.2 Å². The standard InChI is InChI=1S/C21H26F2O4/c1-5-8-27-20(26)21(22,23)14-10-17(24)19(18(25)11-14)16-9-13(4)6-7-15(16)12(2)3/h9-11,15-16,24-25H,2,5-8H2,1,3-4H3/t15-,16+/m0/s1. The first kappa shape index (κ1) is 20.9. The minimum atomic E-state index is -3.96. The molecule has 0 aromatic heterocycles. The maximum Gasteiger partial charge on any atom is 0.381 e. The summed E-state index contributed by atoms with van der Waals surface area (Å²) in [4.78, 5) is 11.7. The average Bonchev–Trinajstić information content (AvgIpc) is 2.58. The molecule has 1 aliphatic carbocycles. The molecule has 1 aliphatic rings. The lowest BCUT2D eigenvalue weighted by atomic mass is 9.73. The van der Waals surface area contributed by atoms with E-state index in [1.54, 1.807) is 6.92 Å². The highest BCUT2D eigenvalue weighted by Gasteiger charge is 2.44. The first-order chi connectivity index (χ1) is 12.6. The summed E-state index contributed by atoms with van der Waals surface area (Å²) in [5, 5.41) is 20.9.